The molecule has 4 nitrogen and oxygen atoms in total. The van der Waals surface area contributed by atoms with Gasteiger partial charge in [-0.1, -0.05) is 78.9 Å². The highest BCUT2D eigenvalue weighted by Crippen LogP contribution is 2.48. The van der Waals surface area contributed by atoms with Crippen molar-refractivity contribution >= 4 is 17.4 Å². The molecule has 2 N–H and O–H groups in total. The molecule has 1 spiro atoms. The molecule has 144 valence electrons. The minimum atomic E-state index is -0.927. The molecule has 0 saturated carbocycles. The lowest BCUT2D eigenvalue weighted by Crippen LogP contribution is -3.15. The van der Waals surface area contributed by atoms with E-state index >= 15 is 0 Å². The van der Waals surface area contributed by atoms with Crippen LogP contribution >= 0.6 is 0 Å². The van der Waals surface area contributed by atoms with Gasteiger partial charge in [0.05, 0.1) is 25.2 Å². The molecule has 0 bridgehead atoms. The van der Waals surface area contributed by atoms with E-state index in [0.29, 0.717) is 5.56 Å². The fourth-order valence-corrected chi connectivity index (χ4v) is 5.36. The van der Waals surface area contributed by atoms with Gasteiger partial charge in [0.15, 0.2) is 5.78 Å². The van der Waals surface area contributed by atoms with Crippen molar-refractivity contribution < 1.29 is 14.5 Å². The molecule has 4 atom stereocenters. The average Bonchev–Trinajstić information content (AvgIpc) is 3.24. The molecule has 1 amide bonds. The number of benzene rings is 3. The molecule has 0 aromatic heterocycles. The Morgan fingerprint density at radius 2 is 1.55 bits per heavy atom. The average molecular weight is 383 g/mol. The third-order valence-corrected chi connectivity index (χ3v) is 6.59. The summed E-state index contributed by atoms with van der Waals surface area (Å²) in [5, 5.41) is 3.06. The minimum Gasteiger partial charge on any atom is -0.320 e. The second-order valence-electron chi connectivity index (χ2n) is 8.02. The summed E-state index contributed by atoms with van der Waals surface area (Å²) in [5.74, 6) is -0.566. The molecule has 2 aliphatic rings. The Bertz CT molecular complexity index is 1080. The maximum Gasteiger partial charge on any atom is 0.291 e. The maximum absolute atomic E-state index is 13.9. The zero-order valence-electron chi connectivity index (χ0n) is 16.3. The van der Waals surface area contributed by atoms with Crippen LogP contribution in [0.2, 0.25) is 0 Å². The highest BCUT2D eigenvalue weighted by molar-refractivity contribution is 6.11. The first-order chi connectivity index (χ1) is 14.1. The first kappa shape index (κ1) is 17.8. The number of quaternary nitrogens is 1. The van der Waals surface area contributed by atoms with Crippen LogP contribution in [-0.2, 0) is 10.3 Å². The lowest BCUT2D eigenvalue weighted by Gasteiger charge is -2.32. The summed E-state index contributed by atoms with van der Waals surface area (Å²) >= 11 is 0. The number of para-hydroxylation sites is 1. The van der Waals surface area contributed by atoms with Crippen LogP contribution in [0, 0.1) is 5.92 Å². The van der Waals surface area contributed by atoms with Crippen LogP contribution in [0.4, 0.5) is 5.69 Å². The number of hydrogen-bond acceptors (Lipinski definition) is 2. The van der Waals surface area contributed by atoms with Crippen LogP contribution < -0.4 is 10.2 Å². The number of likely N-dealkylation sites (N-methyl/N-ethyl adjacent to an activating group) is 1. The SMILES string of the molecule is C[NH+]1C[C@H](c2ccccc2)[C@H](C(=O)c2ccccc2)[C@@]12C(=O)Nc1ccccc12. The highest BCUT2D eigenvalue weighted by atomic mass is 16.2. The van der Waals surface area contributed by atoms with Crippen molar-refractivity contribution in [2.24, 2.45) is 5.92 Å². The number of nitrogens with one attached hydrogen (secondary N) is 2. The van der Waals surface area contributed by atoms with E-state index in [1.807, 2.05) is 79.8 Å². The number of Topliss-reactive ketones (excluding diaryl/α,β-unsaturated/α-hetero) is 1. The van der Waals surface area contributed by atoms with Gasteiger partial charge in [0.25, 0.3) is 5.91 Å². The van der Waals surface area contributed by atoms with Gasteiger partial charge in [0, 0.05) is 11.1 Å². The summed E-state index contributed by atoms with van der Waals surface area (Å²) in [4.78, 5) is 28.5. The summed E-state index contributed by atoms with van der Waals surface area (Å²) in [6, 6.07) is 27.3. The Hall–Kier alpha value is -3.24. The van der Waals surface area contributed by atoms with E-state index < -0.39 is 11.5 Å². The fourth-order valence-electron chi connectivity index (χ4n) is 5.36. The molecule has 4 heteroatoms. The predicted molar refractivity (Wildman–Crippen MR) is 112 cm³/mol. The summed E-state index contributed by atoms with van der Waals surface area (Å²) < 4.78 is 0. The van der Waals surface area contributed by atoms with E-state index in [1.165, 1.54) is 0 Å². The van der Waals surface area contributed by atoms with Crippen molar-refractivity contribution in [3.05, 3.63) is 102 Å². The van der Waals surface area contributed by atoms with E-state index in [-0.39, 0.29) is 17.6 Å². The number of amides is 1. The van der Waals surface area contributed by atoms with E-state index in [0.717, 1.165) is 28.3 Å². The summed E-state index contributed by atoms with van der Waals surface area (Å²) in [6.45, 7) is 0.717. The van der Waals surface area contributed by atoms with E-state index in [4.69, 9.17) is 0 Å². The van der Waals surface area contributed by atoms with Crippen LogP contribution in [0.1, 0.15) is 27.4 Å². The van der Waals surface area contributed by atoms with Gasteiger partial charge in [0.1, 0.15) is 5.92 Å². The number of fused-ring (bicyclic) bond motifs is 2. The smallest absolute Gasteiger partial charge is 0.291 e. The Balaban J connectivity index is 1.74. The van der Waals surface area contributed by atoms with Gasteiger partial charge >= 0.3 is 0 Å². The minimum absolute atomic E-state index is 0.0307. The second-order valence-corrected chi connectivity index (χ2v) is 8.02. The standard InChI is InChI=1S/C25H22N2O2/c1-27-16-19(17-10-4-2-5-11-17)22(23(28)18-12-6-3-7-13-18)25(27)20-14-8-9-15-21(20)26-24(25)29/h2-15,19,22H,16H2,1H3,(H,26,29)/p+1/t19-,22-,25+/m1/s1. The van der Waals surface area contributed by atoms with Crippen molar-refractivity contribution in [3.63, 3.8) is 0 Å². The molecular formula is C25H23N2O2+. The molecule has 1 unspecified atom stereocenters. The molecule has 0 aliphatic carbocycles. The monoisotopic (exact) mass is 383 g/mol. The Morgan fingerprint density at radius 3 is 2.28 bits per heavy atom. The number of ketones is 1. The number of hydrogen-bond donors (Lipinski definition) is 2. The van der Waals surface area contributed by atoms with Crippen molar-refractivity contribution in [2.75, 3.05) is 18.9 Å². The van der Waals surface area contributed by atoms with Crippen molar-refractivity contribution in [3.8, 4) is 0 Å². The van der Waals surface area contributed by atoms with Gasteiger partial charge in [-0.25, -0.2) is 0 Å². The van der Waals surface area contributed by atoms with Gasteiger partial charge in [-0.15, -0.1) is 0 Å². The van der Waals surface area contributed by atoms with Gasteiger partial charge in [-0.05, 0) is 11.6 Å². The largest absolute Gasteiger partial charge is 0.320 e. The van der Waals surface area contributed by atoms with E-state index in [9.17, 15) is 9.59 Å². The second kappa shape index (κ2) is 6.68. The molecule has 1 fully saturated rings. The third-order valence-electron chi connectivity index (χ3n) is 6.59. The van der Waals surface area contributed by atoms with Crippen molar-refractivity contribution in [1.82, 2.24) is 0 Å². The Labute approximate surface area is 170 Å². The summed E-state index contributed by atoms with van der Waals surface area (Å²) in [6.07, 6.45) is 0. The molecule has 5 rings (SSSR count). The quantitative estimate of drug-likeness (QED) is 0.683. The number of carbonyl (C=O) groups excluding carboxylic acids is 2. The van der Waals surface area contributed by atoms with Crippen LogP contribution in [0.5, 0.6) is 0 Å². The number of likely N-dealkylation sites (tertiary alicyclic amines) is 1. The van der Waals surface area contributed by atoms with Gasteiger partial charge in [0.2, 0.25) is 5.54 Å². The zero-order valence-corrected chi connectivity index (χ0v) is 16.3. The van der Waals surface area contributed by atoms with Crippen LogP contribution in [-0.4, -0.2) is 25.3 Å². The molecule has 29 heavy (non-hydrogen) atoms. The summed E-state index contributed by atoms with van der Waals surface area (Å²) in [5.41, 5.74) is 2.58. The predicted octanol–water partition coefficient (Wildman–Crippen LogP) is 2.65. The normalized spacial score (nSPS) is 27.6. The Morgan fingerprint density at radius 1 is 0.931 bits per heavy atom. The highest BCUT2D eigenvalue weighted by Gasteiger charge is 2.68. The molecule has 3 aromatic carbocycles. The number of anilines is 1. The molecule has 2 heterocycles. The van der Waals surface area contributed by atoms with Gasteiger partial charge < -0.3 is 10.2 Å². The molecular weight excluding hydrogens is 360 g/mol. The number of carbonyl (C=O) groups is 2. The Kier molecular flexibility index (Phi) is 4.10. The maximum atomic E-state index is 13.9. The molecule has 1 saturated heterocycles. The zero-order chi connectivity index (χ0) is 20.0. The lowest BCUT2D eigenvalue weighted by atomic mass is 9.70. The van der Waals surface area contributed by atoms with Crippen LogP contribution in [0.25, 0.3) is 0 Å². The van der Waals surface area contributed by atoms with Gasteiger partial charge in [-0.2, -0.15) is 0 Å². The lowest BCUT2D eigenvalue weighted by molar-refractivity contribution is -0.918. The van der Waals surface area contributed by atoms with Crippen molar-refractivity contribution in [1.29, 1.82) is 0 Å². The first-order valence-electron chi connectivity index (χ1n) is 10.0. The molecule has 0 radical (unpaired) electrons. The van der Waals surface area contributed by atoms with Crippen molar-refractivity contribution in [2.45, 2.75) is 11.5 Å². The number of rotatable bonds is 3. The van der Waals surface area contributed by atoms with Gasteiger partial charge in [-0.3, -0.25) is 9.59 Å². The van der Waals surface area contributed by atoms with E-state index in [2.05, 4.69) is 17.4 Å². The molecule has 3 aromatic rings. The van der Waals surface area contributed by atoms with Crippen LogP contribution in [0.3, 0.4) is 0 Å². The third kappa shape index (κ3) is 2.49. The summed E-state index contributed by atoms with van der Waals surface area (Å²) in [7, 11) is 2.04. The topological polar surface area (TPSA) is 50.6 Å². The first-order valence-corrected chi connectivity index (χ1v) is 10.0. The molecule has 2 aliphatic heterocycles. The van der Waals surface area contributed by atoms with Crippen LogP contribution in [0.15, 0.2) is 84.9 Å². The van der Waals surface area contributed by atoms with E-state index in [1.54, 1.807) is 0 Å². The fraction of sp³-hybridized carbons (Fsp3) is 0.200.